The van der Waals surface area contributed by atoms with Gasteiger partial charge in [-0.15, -0.1) is 0 Å². The minimum atomic E-state index is -0.0806. The zero-order valence-corrected chi connectivity index (χ0v) is 14.7. The molecule has 4 aromatic rings. The molecule has 5 rings (SSSR count). The van der Waals surface area contributed by atoms with Crippen molar-refractivity contribution in [2.24, 2.45) is 0 Å². The summed E-state index contributed by atoms with van der Waals surface area (Å²) in [5.74, 6) is 0. The van der Waals surface area contributed by atoms with Crippen LogP contribution in [0.15, 0.2) is 53.3 Å². The van der Waals surface area contributed by atoms with Gasteiger partial charge in [0.25, 0.3) is 5.56 Å². The van der Waals surface area contributed by atoms with Crippen LogP contribution in [0, 0.1) is 6.92 Å². The van der Waals surface area contributed by atoms with Gasteiger partial charge in [-0.2, -0.15) is 5.10 Å². The van der Waals surface area contributed by atoms with Gasteiger partial charge in [0.05, 0.1) is 11.4 Å². The Hall–Kier alpha value is -3.08. The molecule has 5 heteroatoms. The summed E-state index contributed by atoms with van der Waals surface area (Å²) in [6.07, 6.45) is 2.53. The fraction of sp³-hybridized carbons (Fsp3) is 0.238. The van der Waals surface area contributed by atoms with Crippen molar-refractivity contribution < 1.29 is 0 Å². The monoisotopic (exact) mass is 344 g/mol. The summed E-state index contributed by atoms with van der Waals surface area (Å²) in [5.41, 5.74) is 3.79. The Morgan fingerprint density at radius 1 is 0.923 bits per heavy atom. The predicted octanol–water partition coefficient (Wildman–Crippen LogP) is 3.78. The van der Waals surface area contributed by atoms with E-state index >= 15 is 0 Å². The fourth-order valence-corrected chi connectivity index (χ4v) is 4.01. The average Bonchev–Trinajstić information content (AvgIpc) is 3.31. The number of fused-ring (bicyclic) bond motifs is 3. The maximum atomic E-state index is 12.5. The number of hydrogen-bond acceptors (Lipinski definition) is 3. The molecule has 26 heavy (non-hydrogen) atoms. The number of aryl methyl sites for hydroxylation is 1. The normalized spacial score (nSPS) is 14.6. The molecular formula is C21H20N4O. The number of nitrogens with zero attached hydrogens (tertiary/aromatic N) is 3. The molecule has 0 amide bonds. The van der Waals surface area contributed by atoms with E-state index in [-0.39, 0.29) is 5.56 Å². The minimum absolute atomic E-state index is 0.0806. The smallest absolute Gasteiger partial charge is 0.257 e. The Bertz CT molecular complexity index is 1160. The van der Waals surface area contributed by atoms with E-state index in [2.05, 4.69) is 34.1 Å². The third-order valence-electron chi connectivity index (χ3n) is 5.30. The Balaban J connectivity index is 1.69. The highest BCUT2D eigenvalue weighted by Gasteiger charge is 2.16. The van der Waals surface area contributed by atoms with E-state index in [4.69, 9.17) is 5.10 Å². The first-order valence-electron chi connectivity index (χ1n) is 9.08. The number of pyridine rings is 1. The van der Waals surface area contributed by atoms with Gasteiger partial charge < -0.3 is 9.88 Å². The van der Waals surface area contributed by atoms with Crippen molar-refractivity contribution in [3.8, 4) is 5.69 Å². The number of nitrogens with one attached hydrogen (secondary N) is 1. The zero-order valence-electron chi connectivity index (χ0n) is 14.7. The van der Waals surface area contributed by atoms with E-state index in [1.807, 2.05) is 35.9 Å². The lowest BCUT2D eigenvalue weighted by atomic mass is 10.1. The van der Waals surface area contributed by atoms with Gasteiger partial charge in [-0.3, -0.25) is 4.79 Å². The summed E-state index contributed by atoms with van der Waals surface area (Å²) in [7, 11) is 0. The molecule has 1 fully saturated rings. The van der Waals surface area contributed by atoms with Crippen LogP contribution in [0.1, 0.15) is 18.5 Å². The van der Waals surface area contributed by atoms with Gasteiger partial charge in [-0.05, 0) is 50.1 Å². The summed E-state index contributed by atoms with van der Waals surface area (Å²) < 4.78 is 1.84. The molecule has 3 heterocycles. The van der Waals surface area contributed by atoms with Crippen LogP contribution >= 0.6 is 0 Å². The molecule has 0 aliphatic carbocycles. The summed E-state index contributed by atoms with van der Waals surface area (Å²) in [6.45, 7) is 4.24. The Morgan fingerprint density at radius 2 is 1.58 bits per heavy atom. The van der Waals surface area contributed by atoms with Crippen LogP contribution < -0.4 is 10.5 Å². The molecule has 0 spiro atoms. The molecule has 1 N–H and O–H groups in total. The second-order valence-electron chi connectivity index (χ2n) is 6.93. The fourth-order valence-electron chi connectivity index (χ4n) is 4.01. The second-order valence-corrected chi connectivity index (χ2v) is 6.93. The SMILES string of the molecule is Cc1nn(-c2ccc(N3CCCC3)cc2)c2[nH]c(=O)c3ccccc3c12. The van der Waals surface area contributed by atoms with Crippen LogP contribution in [0.2, 0.25) is 0 Å². The predicted molar refractivity (Wildman–Crippen MR) is 105 cm³/mol. The number of aromatic nitrogens is 3. The van der Waals surface area contributed by atoms with Crippen molar-refractivity contribution in [3.63, 3.8) is 0 Å². The van der Waals surface area contributed by atoms with Gasteiger partial charge >= 0.3 is 0 Å². The average molecular weight is 344 g/mol. The number of benzene rings is 2. The lowest BCUT2D eigenvalue weighted by Gasteiger charge is -2.17. The molecule has 0 saturated carbocycles. The summed E-state index contributed by atoms with van der Waals surface area (Å²) in [4.78, 5) is 17.9. The zero-order chi connectivity index (χ0) is 17.7. The molecule has 2 aromatic carbocycles. The number of hydrogen-bond donors (Lipinski definition) is 1. The first-order valence-corrected chi connectivity index (χ1v) is 9.08. The molecule has 0 atom stereocenters. The Kier molecular flexibility index (Phi) is 3.35. The van der Waals surface area contributed by atoms with Crippen molar-refractivity contribution >= 4 is 27.5 Å². The van der Waals surface area contributed by atoms with Crippen molar-refractivity contribution in [1.82, 2.24) is 14.8 Å². The van der Waals surface area contributed by atoms with Crippen molar-refractivity contribution in [2.45, 2.75) is 19.8 Å². The van der Waals surface area contributed by atoms with E-state index < -0.39 is 0 Å². The maximum absolute atomic E-state index is 12.5. The van der Waals surface area contributed by atoms with Gasteiger partial charge in [0.15, 0.2) is 0 Å². The molecule has 1 aliphatic heterocycles. The van der Waals surface area contributed by atoms with Gasteiger partial charge in [0.2, 0.25) is 0 Å². The highest BCUT2D eigenvalue weighted by Crippen LogP contribution is 2.27. The highest BCUT2D eigenvalue weighted by atomic mass is 16.1. The van der Waals surface area contributed by atoms with Crippen LogP contribution in [0.25, 0.3) is 27.5 Å². The lowest BCUT2D eigenvalue weighted by molar-refractivity contribution is 0.874. The molecule has 130 valence electrons. The van der Waals surface area contributed by atoms with Crippen molar-refractivity contribution in [1.29, 1.82) is 0 Å². The van der Waals surface area contributed by atoms with Crippen molar-refractivity contribution in [2.75, 3.05) is 18.0 Å². The lowest BCUT2D eigenvalue weighted by Crippen LogP contribution is -2.17. The highest BCUT2D eigenvalue weighted by molar-refractivity contribution is 6.05. The van der Waals surface area contributed by atoms with Gasteiger partial charge in [-0.1, -0.05) is 18.2 Å². The van der Waals surface area contributed by atoms with Crippen molar-refractivity contribution in [3.05, 3.63) is 64.6 Å². The molecule has 0 unspecified atom stereocenters. The largest absolute Gasteiger partial charge is 0.372 e. The van der Waals surface area contributed by atoms with Crippen LogP contribution in [0.5, 0.6) is 0 Å². The summed E-state index contributed by atoms with van der Waals surface area (Å²) >= 11 is 0. The van der Waals surface area contributed by atoms with E-state index in [1.54, 1.807) is 0 Å². The van der Waals surface area contributed by atoms with E-state index in [0.717, 1.165) is 40.9 Å². The number of rotatable bonds is 2. The molecule has 5 nitrogen and oxygen atoms in total. The topological polar surface area (TPSA) is 53.9 Å². The van der Waals surface area contributed by atoms with Gasteiger partial charge in [-0.25, -0.2) is 4.68 Å². The minimum Gasteiger partial charge on any atom is -0.372 e. The third-order valence-corrected chi connectivity index (χ3v) is 5.30. The molecule has 1 aliphatic rings. The van der Waals surface area contributed by atoms with Crippen LogP contribution in [0.3, 0.4) is 0 Å². The molecular weight excluding hydrogens is 324 g/mol. The molecule has 0 bridgehead atoms. The quantitative estimate of drug-likeness (QED) is 0.602. The molecule has 0 radical (unpaired) electrons. The van der Waals surface area contributed by atoms with E-state index in [0.29, 0.717) is 5.39 Å². The number of aromatic amines is 1. The Morgan fingerprint density at radius 3 is 2.31 bits per heavy atom. The summed E-state index contributed by atoms with van der Waals surface area (Å²) in [6, 6.07) is 16.1. The van der Waals surface area contributed by atoms with E-state index in [9.17, 15) is 4.79 Å². The van der Waals surface area contributed by atoms with Gasteiger partial charge in [0, 0.05) is 34.9 Å². The van der Waals surface area contributed by atoms with Crippen LogP contribution in [0.4, 0.5) is 5.69 Å². The van der Waals surface area contributed by atoms with Crippen LogP contribution in [-0.2, 0) is 0 Å². The second kappa shape index (κ2) is 5.73. The third kappa shape index (κ3) is 2.24. The standard InChI is InChI=1S/C21H20N4O/c1-14-19-17-6-2-3-7-18(17)21(26)22-20(19)25(23-14)16-10-8-15(9-11-16)24-12-4-5-13-24/h2-3,6-11H,4-5,12-13H2,1H3,(H,22,26). The van der Waals surface area contributed by atoms with Gasteiger partial charge in [0.1, 0.15) is 5.65 Å². The Labute approximate surface area is 150 Å². The van der Waals surface area contributed by atoms with Crippen LogP contribution in [-0.4, -0.2) is 27.9 Å². The first-order chi connectivity index (χ1) is 12.7. The number of anilines is 1. The maximum Gasteiger partial charge on any atom is 0.257 e. The molecule has 1 saturated heterocycles. The molecule has 2 aromatic heterocycles. The number of H-pyrrole nitrogens is 1. The first kappa shape index (κ1) is 15.2. The van der Waals surface area contributed by atoms with E-state index in [1.165, 1.54) is 18.5 Å². The summed E-state index contributed by atoms with van der Waals surface area (Å²) in [5, 5.41) is 7.36.